The highest BCUT2D eigenvalue weighted by molar-refractivity contribution is 7.91. The zero-order valence-corrected chi connectivity index (χ0v) is 9.47. The molecule has 1 fully saturated rings. The number of H-pyrrole nitrogens is 1. The Balaban J connectivity index is 2.40. The largest absolute Gasteiger partial charge is 0.308 e. The molecule has 2 rings (SSSR count). The van der Waals surface area contributed by atoms with Crippen molar-refractivity contribution in [3.8, 4) is 0 Å². The van der Waals surface area contributed by atoms with Gasteiger partial charge < -0.3 is 4.98 Å². The first-order valence-corrected chi connectivity index (χ1v) is 6.68. The molecule has 0 amide bonds. The Hall–Kier alpha value is -1.24. The highest BCUT2D eigenvalue weighted by Crippen LogP contribution is 2.25. The molecule has 1 aliphatic heterocycles. The molecule has 0 aromatic carbocycles. The molecular weight excluding hydrogens is 235 g/mol. The maximum absolute atomic E-state index is 13.0. The quantitative estimate of drug-likeness (QED) is 0.763. The predicted octanol–water partition coefficient (Wildman–Crippen LogP) is 0.120. The lowest BCUT2D eigenvalue weighted by Crippen LogP contribution is -2.20. The topological polar surface area (TPSA) is 79.9 Å². The van der Waals surface area contributed by atoms with Gasteiger partial charge >= 0.3 is 0 Å². The minimum absolute atomic E-state index is 0.00282. The van der Waals surface area contributed by atoms with Gasteiger partial charge in [0.1, 0.15) is 5.82 Å². The fraction of sp³-hybridized carbons (Fsp3) is 0.556. The Morgan fingerprint density at radius 3 is 2.69 bits per heavy atom. The van der Waals surface area contributed by atoms with Gasteiger partial charge in [-0.1, -0.05) is 0 Å². The number of aryl methyl sites for hydroxylation is 1. The van der Waals surface area contributed by atoms with E-state index in [1.807, 2.05) is 0 Å². The zero-order valence-electron chi connectivity index (χ0n) is 8.66. The van der Waals surface area contributed by atoms with E-state index in [2.05, 4.69) is 9.97 Å². The van der Waals surface area contributed by atoms with Crippen LogP contribution in [0.15, 0.2) is 4.79 Å². The molecule has 0 saturated carbocycles. The van der Waals surface area contributed by atoms with E-state index in [9.17, 15) is 17.6 Å². The van der Waals surface area contributed by atoms with Crippen LogP contribution in [0.5, 0.6) is 0 Å². The van der Waals surface area contributed by atoms with Gasteiger partial charge in [0.15, 0.2) is 9.84 Å². The van der Waals surface area contributed by atoms with Crippen LogP contribution in [0, 0.1) is 12.7 Å². The summed E-state index contributed by atoms with van der Waals surface area (Å²) in [6.07, 6.45) is 0.427. The molecule has 1 aliphatic rings. The lowest BCUT2D eigenvalue weighted by atomic mass is 10.1. The number of hydrogen-bond donors (Lipinski definition) is 1. The minimum Gasteiger partial charge on any atom is -0.308 e. The Labute approximate surface area is 91.6 Å². The first-order chi connectivity index (χ1) is 7.39. The molecule has 1 saturated heterocycles. The number of nitrogens with one attached hydrogen (secondary N) is 1. The molecule has 7 heteroatoms. The number of rotatable bonds is 1. The van der Waals surface area contributed by atoms with E-state index in [4.69, 9.17) is 0 Å². The van der Waals surface area contributed by atoms with E-state index < -0.39 is 21.2 Å². The zero-order chi connectivity index (χ0) is 11.9. The van der Waals surface area contributed by atoms with Gasteiger partial charge in [0.2, 0.25) is 5.82 Å². The van der Waals surface area contributed by atoms with Gasteiger partial charge in [0.05, 0.1) is 17.2 Å². The van der Waals surface area contributed by atoms with Crippen LogP contribution in [-0.4, -0.2) is 29.9 Å². The van der Waals surface area contributed by atoms with Gasteiger partial charge in [-0.25, -0.2) is 13.4 Å². The summed E-state index contributed by atoms with van der Waals surface area (Å²) < 4.78 is 35.5. The van der Waals surface area contributed by atoms with E-state index in [1.165, 1.54) is 6.92 Å². The molecule has 2 heterocycles. The molecule has 5 nitrogen and oxygen atoms in total. The third-order valence-corrected chi connectivity index (χ3v) is 4.43. The molecule has 0 bridgehead atoms. The number of hydrogen-bond acceptors (Lipinski definition) is 4. The Kier molecular flexibility index (Phi) is 2.57. The van der Waals surface area contributed by atoms with Crippen molar-refractivity contribution in [2.24, 2.45) is 0 Å². The molecule has 0 aliphatic carbocycles. The lowest BCUT2D eigenvalue weighted by molar-refractivity contribution is 0.572. The van der Waals surface area contributed by atoms with Crippen LogP contribution in [0.3, 0.4) is 0 Å². The summed E-state index contributed by atoms with van der Waals surface area (Å²) >= 11 is 0. The smallest absolute Gasteiger partial charge is 0.287 e. The number of nitrogens with zero attached hydrogens (tertiary/aromatic N) is 1. The summed E-state index contributed by atoms with van der Waals surface area (Å²) in [6, 6.07) is 0. The highest BCUT2D eigenvalue weighted by atomic mass is 32.2. The summed E-state index contributed by atoms with van der Waals surface area (Å²) in [7, 11) is -3.04. The monoisotopic (exact) mass is 246 g/mol. The molecule has 0 radical (unpaired) electrons. The van der Waals surface area contributed by atoms with Gasteiger partial charge in [-0.2, -0.15) is 4.39 Å². The normalized spacial score (nSPS) is 23.5. The third-order valence-electron chi connectivity index (χ3n) is 2.67. The average molecular weight is 246 g/mol. The second-order valence-corrected chi connectivity index (χ2v) is 6.18. The molecule has 1 N–H and O–H groups in total. The standard InChI is InChI=1S/C9H11FN2O3S/c1-5-7(10)9(13)12-8(11-5)6-2-3-16(14,15)4-6/h6H,2-4H2,1H3,(H,11,12,13). The van der Waals surface area contributed by atoms with Crippen molar-refractivity contribution in [3.63, 3.8) is 0 Å². The molecule has 88 valence electrons. The molecule has 1 aromatic rings. The van der Waals surface area contributed by atoms with Crippen molar-refractivity contribution in [1.82, 2.24) is 9.97 Å². The third kappa shape index (κ3) is 1.99. The van der Waals surface area contributed by atoms with Gasteiger partial charge in [0, 0.05) is 5.92 Å². The van der Waals surface area contributed by atoms with Crippen molar-refractivity contribution in [3.05, 3.63) is 27.7 Å². The van der Waals surface area contributed by atoms with Crippen molar-refractivity contribution in [1.29, 1.82) is 0 Å². The summed E-state index contributed by atoms with van der Waals surface area (Å²) in [5.74, 6) is -0.898. The van der Waals surface area contributed by atoms with E-state index >= 15 is 0 Å². The SMILES string of the molecule is Cc1nc(C2CCS(=O)(=O)C2)[nH]c(=O)c1F. The van der Waals surface area contributed by atoms with Crippen molar-refractivity contribution >= 4 is 9.84 Å². The molecular formula is C9H11FN2O3S. The molecule has 0 spiro atoms. The fourth-order valence-electron chi connectivity index (χ4n) is 1.80. The number of aromatic nitrogens is 2. The van der Waals surface area contributed by atoms with Gasteiger partial charge in [0.25, 0.3) is 5.56 Å². The summed E-state index contributed by atoms with van der Waals surface area (Å²) in [4.78, 5) is 17.3. The van der Waals surface area contributed by atoms with E-state index in [-0.39, 0.29) is 28.9 Å². The van der Waals surface area contributed by atoms with E-state index in [1.54, 1.807) is 0 Å². The maximum atomic E-state index is 13.0. The average Bonchev–Trinajstić information content (AvgIpc) is 2.54. The number of sulfone groups is 1. The van der Waals surface area contributed by atoms with Crippen LogP contribution < -0.4 is 5.56 Å². The second-order valence-electron chi connectivity index (χ2n) is 3.95. The van der Waals surface area contributed by atoms with Crippen LogP contribution in [0.25, 0.3) is 0 Å². The Bertz CT molecular complexity index is 579. The van der Waals surface area contributed by atoms with Crippen molar-refractivity contribution < 1.29 is 12.8 Å². The van der Waals surface area contributed by atoms with Crippen LogP contribution in [0.1, 0.15) is 23.9 Å². The van der Waals surface area contributed by atoms with Crippen LogP contribution >= 0.6 is 0 Å². The first-order valence-electron chi connectivity index (χ1n) is 4.86. The van der Waals surface area contributed by atoms with Crippen LogP contribution in [0.2, 0.25) is 0 Å². The number of halogens is 1. The predicted molar refractivity (Wildman–Crippen MR) is 55.6 cm³/mol. The van der Waals surface area contributed by atoms with Crippen molar-refractivity contribution in [2.75, 3.05) is 11.5 Å². The summed E-state index contributed by atoms with van der Waals surface area (Å²) in [6.45, 7) is 1.39. The lowest BCUT2D eigenvalue weighted by Gasteiger charge is -2.07. The first kappa shape index (κ1) is 11.3. The van der Waals surface area contributed by atoms with Crippen molar-refractivity contribution in [2.45, 2.75) is 19.3 Å². The molecule has 16 heavy (non-hydrogen) atoms. The molecule has 1 unspecified atom stereocenters. The van der Waals surface area contributed by atoms with Crippen LogP contribution in [-0.2, 0) is 9.84 Å². The summed E-state index contributed by atoms with van der Waals surface area (Å²) in [5.41, 5.74) is -0.838. The Morgan fingerprint density at radius 2 is 2.19 bits per heavy atom. The van der Waals surface area contributed by atoms with Gasteiger partial charge in [-0.3, -0.25) is 4.79 Å². The minimum atomic E-state index is -3.04. The van der Waals surface area contributed by atoms with Gasteiger partial charge in [-0.15, -0.1) is 0 Å². The molecule has 1 aromatic heterocycles. The van der Waals surface area contributed by atoms with E-state index in [0.29, 0.717) is 6.42 Å². The second kappa shape index (κ2) is 3.65. The Morgan fingerprint density at radius 1 is 1.50 bits per heavy atom. The van der Waals surface area contributed by atoms with Gasteiger partial charge in [-0.05, 0) is 13.3 Å². The fourth-order valence-corrected chi connectivity index (χ4v) is 3.55. The molecule has 1 atom stereocenters. The number of aromatic amines is 1. The maximum Gasteiger partial charge on any atom is 0.287 e. The summed E-state index contributed by atoms with van der Waals surface area (Å²) in [5, 5.41) is 0. The van der Waals surface area contributed by atoms with E-state index in [0.717, 1.165) is 0 Å². The highest BCUT2D eigenvalue weighted by Gasteiger charge is 2.31. The van der Waals surface area contributed by atoms with Crippen LogP contribution in [0.4, 0.5) is 4.39 Å².